The fourth-order valence-electron chi connectivity index (χ4n) is 2.96. The molecule has 2 atom stereocenters. The Labute approximate surface area is 185 Å². The van der Waals surface area contributed by atoms with Gasteiger partial charge in [-0.25, -0.2) is 13.7 Å². The van der Waals surface area contributed by atoms with Crippen molar-refractivity contribution in [1.29, 1.82) is 0 Å². The molecule has 1 saturated heterocycles. The van der Waals surface area contributed by atoms with Crippen LogP contribution in [0.15, 0.2) is 30.3 Å². The summed E-state index contributed by atoms with van der Waals surface area (Å²) in [5, 5.41) is 0. The summed E-state index contributed by atoms with van der Waals surface area (Å²) in [5.41, 5.74) is 3.95. The molecule has 0 bridgehead atoms. The van der Waals surface area contributed by atoms with Crippen LogP contribution < -0.4 is 4.72 Å². The van der Waals surface area contributed by atoms with E-state index in [9.17, 15) is 9.00 Å². The monoisotopic (exact) mass is 448 g/mol. The summed E-state index contributed by atoms with van der Waals surface area (Å²) < 4.78 is 21.2. The van der Waals surface area contributed by atoms with E-state index in [2.05, 4.69) is 42.8 Å². The molecule has 1 fully saturated rings. The minimum atomic E-state index is -1.48. The highest BCUT2D eigenvalue weighted by atomic mass is 32.2. The molecule has 166 valence electrons. The Morgan fingerprint density at radius 1 is 1.20 bits per heavy atom. The van der Waals surface area contributed by atoms with Crippen LogP contribution in [-0.4, -0.2) is 46.7 Å². The number of carbonyl (C=O) groups is 1. The van der Waals surface area contributed by atoms with Crippen LogP contribution >= 0.6 is 0 Å². The molecule has 1 N–H and O–H groups in total. The molecule has 2 unspecified atom stereocenters. The van der Waals surface area contributed by atoms with Crippen molar-refractivity contribution in [2.75, 3.05) is 13.1 Å². The Balaban J connectivity index is 2.00. The minimum absolute atomic E-state index is 0.170. The van der Waals surface area contributed by atoms with E-state index in [0.717, 1.165) is 5.56 Å². The predicted molar refractivity (Wildman–Crippen MR) is 127 cm³/mol. The third-order valence-electron chi connectivity index (χ3n) is 5.05. The number of ether oxygens (including phenoxy) is 1. The SMILES string of the molecule is CC(CC#C[Si](C)(C)C)(NS(=O)C(C)(C)C)C1CN(C(=O)OCc2ccccc2)C1. The van der Waals surface area contributed by atoms with Crippen molar-refractivity contribution >= 4 is 25.2 Å². The van der Waals surface area contributed by atoms with Gasteiger partial charge in [0, 0.05) is 31.0 Å². The lowest BCUT2D eigenvalue weighted by Gasteiger charge is -2.48. The lowest BCUT2D eigenvalue weighted by atomic mass is 9.79. The zero-order valence-corrected chi connectivity index (χ0v) is 21.2. The van der Waals surface area contributed by atoms with E-state index in [1.165, 1.54) is 0 Å². The van der Waals surface area contributed by atoms with Gasteiger partial charge in [-0.15, -0.1) is 11.5 Å². The van der Waals surface area contributed by atoms with Gasteiger partial charge in [-0.1, -0.05) is 50.0 Å². The summed E-state index contributed by atoms with van der Waals surface area (Å²) in [5.74, 6) is 3.51. The first-order valence-electron chi connectivity index (χ1n) is 10.5. The second kappa shape index (κ2) is 9.67. The second-order valence-electron chi connectivity index (χ2n) is 10.3. The smallest absolute Gasteiger partial charge is 0.410 e. The molecule has 2 rings (SSSR count). The maximum Gasteiger partial charge on any atom is 0.410 e. The van der Waals surface area contributed by atoms with Gasteiger partial charge in [0.05, 0.1) is 15.7 Å². The highest BCUT2D eigenvalue weighted by Crippen LogP contribution is 2.32. The van der Waals surface area contributed by atoms with Gasteiger partial charge in [-0.3, -0.25) is 0 Å². The number of carbonyl (C=O) groups excluding carboxylic acids is 1. The molecular formula is C23H36N2O3SSi. The van der Waals surface area contributed by atoms with Crippen LogP contribution in [0.3, 0.4) is 0 Å². The van der Waals surface area contributed by atoms with Crippen molar-refractivity contribution in [3.63, 3.8) is 0 Å². The average Bonchev–Trinajstić information content (AvgIpc) is 2.57. The fraction of sp³-hybridized carbons (Fsp3) is 0.609. The maximum atomic E-state index is 12.8. The molecule has 0 aromatic heterocycles. The van der Waals surface area contributed by atoms with Gasteiger partial charge in [0.25, 0.3) is 0 Å². The first-order chi connectivity index (χ1) is 13.8. The summed E-state index contributed by atoms with van der Waals surface area (Å²) in [6.07, 6.45) is 0.305. The molecular weight excluding hydrogens is 412 g/mol. The Hall–Kier alpha value is -1.62. The van der Waals surface area contributed by atoms with Crippen molar-refractivity contribution in [3.05, 3.63) is 35.9 Å². The molecule has 7 heteroatoms. The van der Waals surface area contributed by atoms with Crippen LogP contribution in [0.5, 0.6) is 0 Å². The number of benzene rings is 1. The largest absolute Gasteiger partial charge is 0.445 e. The van der Waals surface area contributed by atoms with E-state index >= 15 is 0 Å². The lowest BCUT2D eigenvalue weighted by Crippen LogP contribution is -2.64. The molecule has 1 aliphatic rings. The fourth-order valence-corrected chi connectivity index (χ4v) is 4.55. The van der Waals surface area contributed by atoms with E-state index in [-0.39, 0.29) is 23.4 Å². The van der Waals surface area contributed by atoms with E-state index in [0.29, 0.717) is 19.5 Å². The second-order valence-corrected chi connectivity index (χ2v) is 17.0. The summed E-state index contributed by atoms with van der Waals surface area (Å²) in [6.45, 7) is 16.0. The minimum Gasteiger partial charge on any atom is -0.445 e. The lowest BCUT2D eigenvalue weighted by molar-refractivity contribution is 0.0232. The van der Waals surface area contributed by atoms with Gasteiger partial charge in [0.1, 0.15) is 14.7 Å². The van der Waals surface area contributed by atoms with Gasteiger partial charge in [-0.2, -0.15) is 0 Å². The van der Waals surface area contributed by atoms with E-state index in [1.807, 2.05) is 51.1 Å². The highest BCUT2D eigenvalue weighted by molar-refractivity contribution is 7.84. The highest BCUT2D eigenvalue weighted by Gasteiger charge is 2.45. The van der Waals surface area contributed by atoms with Crippen molar-refractivity contribution in [2.45, 2.75) is 70.6 Å². The summed E-state index contributed by atoms with van der Waals surface area (Å²) >= 11 is 0. The normalized spacial score (nSPS) is 17.9. The van der Waals surface area contributed by atoms with Crippen LogP contribution in [0.1, 0.15) is 39.7 Å². The Kier molecular flexibility index (Phi) is 7.95. The average molecular weight is 449 g/mol. The first kappa shape index (κ1) is 24.6. The van der Waals surface area contributed by atoms with Gasteiger partial charge in [0.15, 0.2) is 0 Å². The number of hydrogen-bond acceptors (Lipinski definition) is 3. The molecule has 0 saturated carbocycles. The summed E-state index contributed by atoms with van der Waals surface area (Å²) in [7, 11) is -2.70. The number of rotatable bonds is 6. The predicted octanol–water partition coefficient (Wildman–Crippen LogP) is 4.34. The van der Waals surface area contributed by atoms with E-state index < -0.39 is 24.6 Å². The molecule has 5 nitrogen and oxygen atoms in total. The van der Waals surface area contributed by atoms with Gasteiger partial charge in [0.2, 0.25) is 0 Å². The van der Waals surface area contributed by atoms with Crippen molar-refractivity contribution in [2.24, 2.45) is 5.92 Å². The topological polar surface area (TPSA) is 58.6 Å². The summed E-state index contributed by atoms with van der Waals surface area (Å²) in [4.78, 5) is 14.1. The van der Waals surface area contributed by atoms with E-state index in [1.54, 1.807) is 4.90 Å². The van der Waals surface area contributed by atoms with Crippen LogP contribution in [0.2, 0.25) is 19.6 Å². The zero-order chi connectivity index (χ0) is 22.6. The number of hydrogen-bond donors (Lipinski definition) is 1. The summed E-state index contributed by atoms with van der Waals surface area (Å²) in [6, 6.07) is 9.66. The molecule has 1 heterocycles. The molecule has 1 aromatic carbocycles. The van der Waals surface area contributed by atoms with Crippen LogP contribution in [0.4, 0.5) is 4.79 Å². The molecule has 0 radical (unpaired) electrons. The van der Waals surface area contributed by atoms with E-state index in [4.69, 9.17) is 4.74 Å². The Bertz CT molecular complexity index is 815. The molecule has 30 heavy (non-hydrogen) atoms. The first-order valence-corrected chi connectivity index (χ1v) is 15.1. The number of nitrogens with one attached hydrogen (secondary N) is 1. The molecule has 1 amide bonds. The Morgan fingerprint density at radius 2 is 1.80 bits per heavy atom. The standard InChI is InChI=1S/C23H36N2O3SSi/c1-22(2,3)29(27)24-23(4,14-11-15-30(5,6)7)20-16-25(17-20)21(26)28-18-19-12-9-8-10-13-19/h8-10,12-13,20,24H,14,16-18H2,1-7H3. The maximum absolute atomic E-state index is 12.8. The van der Waals surface area contributed by atoms with Gasteiger partial charge in [-0.05, 0) is 33.3 Å². The quantitative estimate of drug-likeness (QED) is 0.520. The number of nitrogens with zero attached hydrogens (tertiary/aromatic N) is 1. The van der Waals surface area contributed by atoms with Crippen LogP contribution in [0.25, 0.3) is 0 Å². The van der Waals surface area contributed by atoms with Crippen molar-refractivity contribution < 1.29 is 13.7 Å². The molecule has 1 aromatic rings. The number of amides is 1. The van der Waals surface area contributed by atoms with Gasteiger partial charge >= 0.3 is 6.09 Å². The van der Waals surface area contributed by atoms with Crippen LogP contribution in [0, 0.1) is 17.4 Å². The zero-order valence-electron chi connectivity index (χ0n) is 19.4. The molecule has 0 spiro atoms. The van der Waals surface area contributed by atoms with Crippen molar-refractivity contribution in [3.8, 4) is 11.5 Å². The third-order valence-corrected chi connectivity index (χ3v) is 7.74. The molecule has 0 aliphatic carbocycles. The van der Waals surface area contributed by atoms with Gasteiger partial charge < -0.3 is 9.64 Å². The van der Waals surface area contributed by atoms with Crippen LogP contribution in [-0.2, 0) is 22.3 Å². The molecule has 1 aliphatic heterocycles. The number of likely N-dealkylation sites (tertiary alicyclic amines) is 1. The van der Waals surface area contributed by atoms with Crippen molar-refractivity contribution in [1.82, 2.24) is 9.62 Å². The Morgan fingerprint density at radius 3 is 2.33 bits per heavy atom. The third kappa shape index (κ3) is 7.26.